The number of hydrogen-bond donors (Lipinski definition) is 0. The van der Waals surface area contributed by atoms with E-state index in [1.807, 2.05) is 0 Å². The smallest absolute Gasteiger partial charge is 0.344 e. The number of para-hydroxylation sites is 1. The van der Waals surface area contributed by atoms with Gasteiger partial charge in [-0.2, -0.15) is 13.2 Å². The maximum Gasteiger partial charge on any atom is 0.344 e. The Kier molecular flexibility index (Phi) is 3.28. The van der Waals surface area contributed by atoms with Gasteiger partial charge in [-0.3, -0.25) is 4.79 Å². The summed E-state index contributed by atoms with van der Waals surface area (Å²) in [5, 5.41) is 0. The Morgan fingerprint density at radius 1 is 1.21 bits per heavy atom. The largest absolute Gasteiger partial charge is 0.427 e. The van der Waals surface area contributed by atoms with Gasteiger partial charge >= 0.3 is 12.1 Å². The number of carbonyl (C=O) groups excluding carboxylic acids is 1. The van der Waals surface area contributed by atoms with Crippen LogP contribution in [0.3, 0.4) is 0 Å². The van der Waals surface area contributed by atoms with E-state index in [0.717, 1.165) is 0 Å². The topological polar surface area (TPSA) is 26.3 Å². The lowest BCUT2D eigenvalue weighted by Crippen LogP contribution is -1.94. The van der Waals surface area contributed by atoms with Crippen LogP contribution in [0.1, 0.15) is 5.56 Å². The zero-order chi connectivity index (χ0) is 10.6. The molecule has 0 aromatic heterocycles. The van der Waals surface area contributed by atoms with E-state index in [1.54, 1.807) is 0 Å². The lowest BCUT2D eigenvalue weighted by atomic mass is 10.2. The number of rotatable bonds is 3. The van der Waals surface area contributed by atoms with Gasteiger partial charge in [-0.15, -0.1) is 0 Å². The van der Waals surface area contributed by atoms with E-state index in [1.165, 1.54) is 30.6 Å². The molecule has 14 heavy (non-hydrogen) atoms. The van der Waals surface area contributed by atoms with Crippen molar-refractivity contribution in [2.75, 3.05) is 0 Å². The monoisotopic (exact) mass is 201 g/mol. The van der Waals surface area contributed by atoms with Crippen LogP contribution in [0.15, 0.2) is 36.4 Å². The molecule has 0 unspecified atom stereocenters. The first-order valence-corrected chi connectivity index (χ1v) is 3.51. The Hall–Kier alpha value is -1.78. The fourth-order valence-electron chi connectivity index (χ4n) is 0.775. The van der Waals surface area contributed by atoms with E-state index in [-0.39, 0.29) is 11.3 Å². The maximum absolute atomic E-state index is 12.3. The van der Waals surface area contributed by atoms with Gasteiger partial charge in [-0.05, 0) is 12.1 Å². The van der Waals surface area contributed by atoms with Crippen molar-refractivity contribution in [1.82, 2.24) is 0 Å². The fraction of sp³-hybridized carbons (Fsp3) is 0. The maximum atomic E-state index is 12.3. The lowest BCUT2D eigenvalue weighted by molar-refractivity contribution is 0.241. The minimum atomic E-state index is -2.58. The summed E-state index contributed by atoms with van der Waals surface area (Å²) in [6, 6.07) is 3.32. The first-order chi connectivity index (χ1) is 6.65. The Balaban J connectivity index is 2.97. The van der Waals surface area contributed by atoms with Crippen LogP contribution in [-0.2, 0) is 4.79 Å². The molecule has 1 aromatic rings. The van der Waals surface area contributed by atoms with Gasteiger partial charge in [0.25, 0.3) is 0 Å². The molecule has 0 aliphatic heterocycles. The third kappa shape index (κ3) is 2.35. The van der Waals surface area contributed by atoms with Gasteiger partial charge in [0.05, 0.1) is 5.56 Å². The zero-order valence-corrected chi connectivity index (χ0v) is 6.76. The minimum Gasteiger partial charge on any atom is -0.427 e. The summed E-state index contributed by atoms with van der Waals surface area (Å²) in [6.07, 6.45) is -1.15. The lowest BCUT2D eigenvalue weighted by Gasteiger charge is -2.02. The Morgan fingerprint density at radius 3 is 2.43 bits per heavy atom. The van der Waals surface area contributed by atoms with Crippen molar-refractivity contribution >= 4 is 6.29 Å². The Labute approximate surface area is 77.6 Å². The van der Waals surface area contributed by atoms with Gasteiger partial charge in [0.15, 0.2) is 0 Å². The fourth-order valence-corrected chi connectivity index (χ4v) is 0.775. The van der Waals surface area contributed by atoms with Gasteiger partial charge < -0.3 is 4.74 Å². The summed E-state index contributed by atoms with van der Waals surface area (Å²) < 4.78 is 39.7. The molecule has 0 saturated heterocycles. The quantitative estimate of drug-likeness (QED) is 0.702. The highest BCUT2D eigenvalue weighted by Crippen LogP contribution is 2.21. The third-order valence-electron chi connectivity index (χ3n) is 1.35. The van der Waals surface area contributed by atoms with Crippen molar-refractivity contribution in [2.45, 2.75) is 0 Å². The van der Waals surface area contributed by atoms with Crippen LogP contribution in [0, 0.1) is 0 Å². The second-order valence-electron chi connectivity index (χ2n) is 2.23. The number of halogens is 3. The van der Waals surface area contributed by atoms with Crippen LogP contribution in [0.2, 0.25) is 0 Å². The van der Waals surface area contributed by atoms with E-state index < -0.39 is 12.1 Å². The molecule has 1 rings (SSSR count). The molecule has 1 aromatic carbocycles. The van der Waals surface area contributed by atoms with E-state index in [9.17, 15) is 18.0 Å². The first kappa shape index (κ1) is 10.3. The zero-order valence-electron chi connectivity index (χ0n) is 6.76. The predicted octanol–water partition coefficient (Wildman–Crippen LogP) is 2.56. The summed E-state index contributed by atoms with van der Waals surface area (Å²) in [7, 11) is 0. The van der Waals surface area contributed by atoms with Crippen LogP contribution >= 0.6 is 0 Å². The molecule has 1 radical (unpaired) electrons. The number of benzene rings is 1. The molecule has 0 aliphatic rings. The van der Waals surface area contributed by atoms with Crippen LogP contribution < -0.4 is 4.74 Å². The van der Waals surface area contributed by atoms with Crippen LogP contribution in [0.4, 0.5) is 13.2 Å². The van der Waals surface area contributed by atoms with Crippen LogP contribution in [0.5, 0.6) is 5.75 Å². The minimum absolute atomic E-state index is 0.121. The molecule has 0 amide bonds. The molecule has 0 fully saturated rings. The summed E-state index contributed by atoms with van der Waals surface area (Å²) in [5.41, 5.74) is -0.121. The van der Waals surface area contributed by atoms with Crippen LogP contribution in [-0.4, -0.2) is 6.29 Å². The molecule has 73 valence electrons. The van der Waals surface area contributed by atoms with E-state index in [2.05, 4.69) is 4.74 Å². The second-order valence-corrected chi connectivity index (χ2v) is 2.23. The van der Waals surface area contributed by atoms with Crippen molar-refractivity contribution in [3.05, 3.63) is 41.9 Å². The highest BCUT2D eigenvalue weighted by Gasteiger charge is 2.10. The van der Waals surface area contributed by atoms with Crippen molar-refractivity contribution in [3.8, 4) is 5.75 Å². The number of ether oxygens (including phenoxy) is 1. The molecule has 5 heteroatoms. The van der Waals surface area contributed by atoms with Gasteiger partial charge in [0.1, 0.15) is 5.75 Å². The summed E-state index contributed by atoms with van der Waals surface area (Å²) in [4.78, 5) is 10.2. The normalized spacial score (nSPS) is 9.36. The third-order valence-corrected chi connectivity index (χ3v) is 1.35. The van der Waals surface area contributed by atoms with Crippen LogP contribution in [0.25, 0.3) is 0 Å². The summed E-state index contributed by atoms with van der Waals surface area (Å²) in [5.74, 6) is -0.298. The van der Waals surface area contributed by atoms with Gasteiger partial charge in [-0.1, -0.05) is 12.1 Å². The highest BCUT2D eigenvalue weighted by atomic mass is 19.3. The molecule has 0 spiro atoms. The molecule has 0 atom stereocenters. The molecular formula is C9H4F3O2. The number of hydrogen-bond acceptors (Lipinski definition) is 2. The molecule has 0 saturated carbocycles. The van der Waals surface area contributed by atoms with Crippen molar-refractivity contribution in [1.29, 1.82) is 0 Å². The Bertz CT molecular complexity index is 370. The summed E-state index contributed by atoms with van der Waals surface area (Å²) in [6.45, 7) is 0. The van der Waals surface area contributed by atoms with E-state index in [4.69, 9.17) is 0 Å². The van der Waals surface area contributed by atoms with E-state index >= 15 is 0 Å². The predicted molar refractivity (Wildman–Crippen MR) is 42.2 cm³/mol. The van der Waals surface area contributed by atoms with Crippen molar-refractivity contribution in [2.24, 2.45) is 0 Å². The molecular weight excluding hydrogens is 197 g/mol. The second kappa shape index (κ2) is 4.45. The molecule has 0 N–H and O–H groups in total. The van der Waals surface area contributed by atoms with E-state index in [0.29, 0.717) is 0 Å². The Morgan fingerprint density at radius 2 is 1.86 bits per heavy atom. The molecule has 0 bridgehead atoms. The average molecular weight is 201 g/mol. The van der Waals surface area contributed by atoms with Gasteiger partial charge in [0.2, 0.25) is 6.29 Å². The standard InChI is InChI=1S/C9H4F3O2/c10-8(11)9(12)14-7-4-2-1-3-6(7)5-13/h1-4H. The SMILES string of the molecule is O=[C]c1ccccc1OC(F)=C(F)F. The average Bonchev–Trinajstić information content (AvgIpc) is 2.18. The van der Waals surface area contributed by atoms with Gasteiger partial charge in [0, 0.05) is 0 Å². The highest BCUT2D eigenvalue weighted by molar-refractivity contribution is 5.79. The summed E-state index contributed by atoms with van der Waals surface area (Å²) >= 11 is 0. The van der Waals surface area contributed by atoms with Gasteiger partial charge in [-0.25, -0.2) is 0 Å². The molecule has 0 heterocycles. The van der Waals surface area contributed by atoms with Crippen molar-refractivity contribution < 1.29 is 22.7 Å². The molecule has 2 nitrogen and oxygen atoms in total. The first-order valence-electron chi connectivity index (χ1n) is 3.51. The van der Waals surface area contributed by atoms with Crippen molar-refractivity contribution in [3.63, 3.8) is 0 Å². The molecule has 0 aliphatic carbocycles.